The normalized spacial score (nSPS) is 11.6. The number of carbonyl (C=O) groups excluding carboxylic acids is 2. The number of pyridine rings is 1. The van der Waals surface area contributed by atoms with Crippen molar-refractivity contribution in [2.24, 2.45) is 11.1 Å². The van der Waals surface area contributed by atoms with E-state index in [1.807, 2.05) is 57.2 Å². The van der Waals surface area contributed by atoms with Crippen molar-refractivity contribution in [1.29, 1.82) is 0 Å². The van der Waals surface area contributed by atoms with E-state index in [0.717, 1.165) is 11.1 Å². The number of fused-ring (bicyclic) bond motifs is 1. The zero-order valence-electron chi connectivity index (χ0n) is 19.9. The number of ketones is 1. The SMILES string of the molecule is CN(CC(N)=O)c1c(C(=O)C(C)(C)C)oc2nc(-c3ccccc3Cl)c(-c3ccc(Cl)cc3)cc12. The summed E-state index contributed by atoms with van der Waals surface area (Å²) >= 11 is 12.7. The molecule has 0 fully saturated rings. The molecular weight excluding hydrogens is 485 g/mol. The molecule has 4 aromatic rings. The first-order chi connectivity index (χ1) is 16.5. The maximum atomic E-state index is 13.3. The van der Waals surface area contributed by atoms with Crippen molar-refractivity contribution in [1.82, 2.24) is 4.98 Å². The summed E-state index contributed by atoms with van der Waals surface area (Å²) in [5, 5.41) is 1.71. The van der Waals surface area contributed by atoms with Gasteiger partial charge < -0.3 is 15.1 Å². The summed E-state index contributed by atoms with van der Waals surface area (Å²) in [6.45, 7) is 5.33. The molecule has 0 radical (unpaired) electrons. The van der Waals surface area contributed by atoms with E-state index in [1.165, 1.54) is 0 Å². The van der Waals surface area contributed by atoms with Crippen molar-refractivity contribution < 1.29 is 14.0 Å². The molecule has 0 aliphatic heterocycles. The Hall–Kier alpha value is -3.35. The Kier molecular flexibility index (Phi) is 6.62. The van der Waals surface area contributed by atoms with Crippen molar-refractivity contribution in [3.63, 3.8) is 0 Å². The number of Topliss-reactive ketones (excluding diaryl/α,β-unsaturated/α-hetero) is 1. The number of amides is 1. The van der Waals surface area contributed by atoms with Gasteiger partial charge in [0.05, 0.1) is 23.3 Å². The Morgan fingerprint density at radius 3 is 2.29 bits per heavy atom. The smallest absolute Gasteiger partial charge is 0.236 e. The van der Waals surface area contributed by atoms with Crippen LogP contribution in [0.2, 0.25) is 10.0 Å². The highest BCUT2D eigenvalue weighted by Crippen LogP contribution is 2.42. The number of primary amides is 1. The lowest BCUT2D eigenvalue weighted by Gasteiger charge is -2.20. The van der Waals surface area contributed by atoms with Crippen LogP contribution in [0.5, 0.6) is 0 Å². The fourth-order valence-corrected chi connectivity index (χ4v) is 4.26. The minimum atomic E-state index is -0.721. The zero-order chi connectivity index (χ0) is 25.5. The van der Waals surface area contributed by atoms with Crippen LogP contribution in [-0.2, 0) is 4.79 Å². The Balaban J connectivity index is 2.08. The monoisotopic (exact) mass is 509 g/mol. The number of benzene rings is 2. The van der Waals surface area contributed by atoms with Crippen LogP contribution in [0.15, 0.2) is 59.0 Å². The second kappa shape index (κ2) is 9.36. The number of aromatic nitrogens is 1. The summed E-state index contributed by atoms with van der Waals surface area (Å²) in [4.78, 5) is 31.5. The van der Waals surface area contributed by atoms with E-state index in [-0.39, 0.29) is 23.8 Å². The highest BCUT2D eigenvalue weighted by molar-refractivity contribution is 6.33. The first-order valence-electron chi connectivity index (χ1n) is 11.0. The van der Waals surface area contributed by atoms with Gasteiger partial charge >= 0.3 is 0 Å². The molecule has 1 amide bonds. The lowest BCUT2D eigenvalue weighted by atomic mass is 9.88. The summed E-state index contributed by atoms with van der Waals surface area (Å²) in [6.07, 6.45) is 0. The molecule has 2 aromatic heterocycles. The van der Waals surface area contributed by atoms with Crippen molar-refractivity contribution in [3.05, 3.63) is 70.4 Å². The van der Waals surface area contributed by atoms with Crippen molar-refractivity contribution in [2.75, 3.05) is 18.5 Å². The number of anilines is 1. The standard InChI is InChI=1S/C27H25Cl2N3O3/c1-27(2,3)25(34)24-23(32(4)14-21(30)33)19-13-18(15-9-11-16(28)12-10-15)22(31-26(19)35-24)17-7-5-6-8-20(17)29/h5-13H,14H2,1-4H3,(H2,30,33). The molecule has 4 rings (SSSR count). The minimum Gasteiger partial charge on any atom is -0.432 e. The maximum Gasteiger partial charge on any atom is 0.236 e. The summed E-state index contributed by atoms with van der Waals surface area (Å²) in [5.41, 5.74) is 8.41. The highest BCUT2D eigenvalue weighted by Gasteiger charge is 2.33. The van der Waals surface area contributed by atoms with Crippen molar-refractivity contribution in [2.45, 2.75) is 20.8 Å². The van der Waals surface area contributed by atoms with Crippen LogP contribution >= 0.6 is 23.2 Å². The van der Waals surface area contributed by atoms with E-state index in [4.69, 9.17) is 38.3 Å². The van der Waals surface area contributed by atoms with Crippen LogP contribution < -0.4 is 10.6 Å². The molecule has 0 bridgehead atoms. The van der Waals surface area contributed by atoms with Gasteiger partial charge in [0.25, 0.3) is 0 Å². The maximum absolute atomic E-state index is 13.3. The van der Waals surface area contributed by atoms with E-state index in [2.05, 4.69) is 0 Å². The summed E-state index contributed by atoms with van der Waals surface area (Å²) in [7, 11) is 1.69. The van der Waals surface area contributed by atoms with Crippen LogP contribution in [0.4, 0.5) is 5.69 Å². The molecule has 2 N–H and O–H groups in total. The second-order valence-electron chi connectivity index (χ2n) is 9.41. The average molecular weight is 510 g/mol. The Labute approximate surface area is 213 Å². The minimum absolute atomic E-state index is 0.0956. The Morgan fingerprint density at radius 2 is 1.69 bits per heavy atom. The molecule has 0 aliphatic carbocycles. The van der Waals surface area contributed by atoms with Crippen LogP contribution in [0, 0.1) is 5.41 Å². The van der Waals surface area contributed by atoms with Gasteiger partial charge in [-0.2, -0.15) is 0 Å². The number of hydrogen-bond donors (Lipinski definition) is 1. The number of nitrogens with zero attached hydrogens (tertiary/aromatic N) is 2. The number of likely N-dealkylation sites (N-methyl/N-ethyl adjacent to an activating group) is 1. The lowest BCUT2D eigenvalue weighted by Crippen LogP contribution is -2.32. The van der Waals surface area contributed by atoms with Crippen LogP contribution in [0.3, 0.4) is 0 Å². The molecule has 2 aromatic carbocycles. The largest absolute Gasteiger partial charge is 0.432 e. The van der Waals surface area contributed by atoms with Crippen molar-refractivity contribution >= 4 is 51.7 Å². The lowest BCUT2D eigenvalue weighted by molar-refractivity contribution is -0.116. The van der Waals surface area contributed by atoms with Gasteiger partial charge in [-0.15, -0.1) is 0 Å². The van der Waals surface area contributed by atoms with E-state index in [0.29, 0.717) is 32.4 Å². The third kappa shape index (κ3) is 4.90. The van der Waals surface area contributed by atoms with E-state index < -0.39 is 11.3 Å². The van der Waals surface area contributed by atoms with E-state index in [9.17, 15) is 9.59 Å². The van der Waals surface area contributed by atoms with Gasteiger partial charge in [-0.3, -0.25) is 9.59 Å². The molecule has 35 heavy (non-hydrogen) atoms. The second-order valence-corrected chi connectivity index (χ2v) is 10.2. The third-order valence-electron chi connectivity index (χ3n) is 5.60. The molecule has 0 atom stereocenters. The summed E-state index contributed by atoms with van der Waals surface area (Å²) in [6, 6.07) is 16.7. The highest BCUT2D eigenvalue weighted by atomic mass is 35.5. The Bertz CT molecular complexity index is 1440. The van der Waals surface area contributed by atoms with Crippen LogP contribution in [0.25, 0.3) is 33.5 Å². The first kappa shape index (κ1) is 24.8. The third-order valence-corrected chi connectivity index (χ3v) is 6.18. The topological polar surface area (TPSA) is 89.4 Å². The van der Waals surface area contributed by atoms with Crippen molar-refractivity contribution in [3.8, 4) is 22.4 Å². The number of halogens is 2. The molecule has 0 aliphatic rings. The van der Waals surface area contributed by atoms with Gasteiger partial charge in [-0.1, -0.05) is 74.3 Å². The zero-order valence-corrected chi connectivity index (χ0v) is 21.4. The number of furan rings is 1. The predicted octanol–water partition coefficient (Wildman–Crippen LogP) is 6.62. The van der Waals surface area contributed by atoms with Gasteiger partial charge in [-0.25, -0.2) is 4.98 Å². The molecule has 6 nitrogen and oxygen atoms in total. The number of nitrogens with two attached hydrogens (primary N) is 1. The molecule has 2 heterocycles. The van der Waals surface area contributed by atoms with E-state index >= 15 is 0 Å². The number of rotatable bonds is 6. The van der Waals surface area contributed by atoms with Crippen LogP contribution in [0.1, 0.15) is 31.3 Å². The molecule has 180 valence electrons. The number of carbonyl (C=O) groups is 2. The fourth-order valence-electron chi connectivity index (χ4n) is 3.91. The van der Waals surface area contributed by atoms with Gasteiger partial charge in [0.2, 0.25) is 17.4 Å². The fraction of sp³-hybridized carbons (Fsp3) is 0.222. The molecule has 0 saturated heterocycles. The van der Waals surface area contributed by atoms with Crippen LogP contribution in [-0.4, -0.2) is 30.3 Å². The Morgan fingerprint density at radius 1 is 1.03 bits per heavy atom. The summed E-state index contributed by atoms with van der Waals surface area (Å²) in [5.74, 6) is -0.620. The van der Waals surface area contributed by atoms with E-state index in [1.54, 1.807) is 30.1 Å². The molecular formula is C27H25Cl2N3O3. The first-order valence-corrected chi connectivity index (χ1v) is 11.8. The average Bonchev–Trinajstić information content (AvgIpc) is 3.16. The van der Waals surface area contributed by atoms with Gasteiger partial charge in [0.15, 0.2) is 5.76 Å². The predicted molar refractivity (Wildman–Crippen MR) is 141 cm³/mol. The molecule has 0 unspecified atom stereocenters. The van der Waals surface area contributed by atoms with Gasteiger partial charge in [0.1, 0.15) is 0 Å². The summed E-state index contributed by atoms with van der Waals surface area (Å²) < 4.78 is 6.08. The molecule has 0 spiro atoms. The van der Waals surface area contributed by atoms with Gasteiger partial charge in [-0.05, 0) is 29.8 Å². The van der Waals surface area contributed by atoms with Gasteiger partial charge in [0, 0.05) is 33.6 Å². The molecule has 0 saturated carbocycles. The molecule has 8 heteroatoms. The number of hydrogen-bond acceptors (Lipinski definition) is 5. The quantitative estimate of drug-likeness (QED) is 0.295.